The number of likely N-dealkylation sites (tertiary alicyclic amines) is 1. The Balaban J connectivity index is 1.66. The molecule has 0 atom stereocenters. The molecule has 23 heavy (non-hydrogen) atoms. The normalized spacial score (nSPS) is 15.4. The van der Waals surface area contributed by atoms with Gasteiger partial charge in [0.2, 0.25) is 5.91 Å². The molecule has 1 aromatic carbocycles. The molecule has 1 N–H and O–H groups in total. The summed E-state index contributed by atoms with van der Waals surface area (Å²) in [6.45, 7) is 1.13. The molecule has 0 aliphatic carbocycles. The Labute approximate surface area is 134 Å². The summed E-state index contributed by atoms with van der Waals surface area (Å²) in [5.74, 6) is -0.0984. The van der Waals surface area contributed by atoms with Gasteiger partial charge in [-0.15, -0.1) is 5.10 Å². The molecule has 7 nitrogen and oxygen atoms in total. The zero-order valence-corrected chi connectivity index (χ0v) is 13.0. The number of benzene rings is 1. The first-order chi connectivity index (χ1) is 11.2. The first kappa shape index (κ1) is 15.2. The fourth-order valence-electron chi connectivity index (χ4n) is 2.78. The van der Waals surface area contributed by atoms with Gasteiger partial charge in [-0.1, -0.05) is 23.4 Å². The molecule has 0 spiro atoms. The second-order valence-electron chi connectivity index (χ2n) is 5.56. The number of aromatic nitrogens is 3. The number of rotatable bonds is 3. The van der Waals surface area contributed by atoms with Gasteiger partial charge in [-0.3, -0.25) is 9.59 Å². The number of amides is 2. The monoisotopic (exact) mass is 313 g/mol. The minimum atomic E-state index is -0.137. The van der Waals surface area contributed by atoms with Crippen molar-refractivity contribution in [3.63, 3.8) is 0 Å². The molecule has 0 radical (unpaired) electrons. The van der Waals surface area contributed by atoms with Crippen molar-refractivity contribution in [3.05, 3.63) is 42.2 Å². The van der Waals surface area contributed by atoms with Crippen molar-refractivity contribution in [1.82, 2.24) is 25.2 Å². The van der Waals surface area contributed by atoms with Crippen LogP contribution in [-0.4, -0.2) is 51.8 Å². The Kier molecular flexibility index (Phi) is 4.36. The fourth-order valence-corrected chi connectivity index (χ4v) is 2.78. The Morgan fingerprint density at radius 3 is 2.52 bits per heavy atom. The Bertz CT molecular complexity index is 690. The third-order valence-electron chi connectivity index (χ3n) is 4.13. The molecule has 0 unspecified atom stereocenters. The van der Waals surface area contributed by atoms with Crippen LogP contribution in [0.1, 0.15) is 23.3 Å². The maximum atomic E-state index is 12.5. The van der Waals surface area contributed by atoms with E-state index < -0.39 is 0 Å². The van der Waals surface area contributed by atoms with Crippen LogP contribution in [0.2, 0.25) is 0 Å². The highest BCUT2D eigenvalue weighted by Crippen LogP contribution is 2.19. The van der Waals surface area contributed by atoms with Gasteiger partial charge in [-0.05, 0) is 25.0 Å². The molecule has 1 aliphatic heterocycles. The average Bonchev–Trinajstić information content (AvgIpc) is 3.11. The molecule has 2 amide bonds. The number of para-hydroxylation sites is 1. The Morgan fingerprint density at radius 1 is 1.17 bits per heavy atom. The van der Waals surface area contributed by atoms with Crippen LogP contribution in [0, 0.1) is 5.92 Å². The van der Waals surface area contributed by atoms with Crippen molar-refractivity contribution in [2.45, 2.75) is 12.8 Å². The van der Waals surface area contributed by atoms with Crippen LogP contribution < -0.4 is 5.32 Å². The molecule has 1 fully saturated rings. The van der Waals surface area contributed by atoms with Crippen LogP contribution in [0.25, 0.3) is 5.69 Å². The molecule has 3 rings (SSSR count). The first-order valence-corrected chi connectivity index (χ1v) is 7.67. The van der Waals surface area contributed by atoms with E-state index in [-0.39, 0.29) is 17.7 Å². The van der Waals surface area contributed by atoms with Crippen LogP contribution in [0.15, 0.2) is 36.5 Å². The van der Waals surface area contributed by atoms with E-state index in [9.17, 15) is 9.59 Å². The summed E-state index contributed by atoms with van der Waals surface area (Å²) in [6, 6.07) is 9.53. The molecular weight excluding hydrogens is 294 g/mol. The van der Waals surface area contributed by atoms with Gasteiger partial charge in [0.25, 0.3) is 5.91 Å². The lowest BCUT2D eigenvalue weighted by Gasteiger charge is -2.30. The van der Waals surface area contributed by atoms with Crippen LogP contribution in [0.3, 0.4) is 0 Å². The van der Waals surface area contributed by atoms with Gasteiger partial charge in [0, 0.05) is 26.1 Å². The van der Waals surface area contributed by atoms with E-state index in [1.807, 2.05) is 30.3 Å². The van der Waals surface area contributed by atoms with Gasteiger partial charge < -0.3 is 10.2 Å². The number of carbonyl (C=O) groups is 2. The molecule has 120 valence electrons. The lowest BCUT2D eigenvalue weighted by Crippen LogP contribution is -2.42. The van der Waals surface area contributed by atoms with Gasteiger partial charge >= 0.3 is 0 Å². The number of piperidine rings is 1. The molecular formula is C16H19N5O2. The number of nitrogens with zero attached hydrogens (tertiary/aromatic N) is 4. The SMILES string of the molecule is CNC(=O)C1CCN(C(=O)c2cn(-c3ccccc3)nn2)CC1. The highest BCUT2D eigenvalue weighted by atomic mass is 16.2. The van der Waals surface area contributed by atoms with E-state index in [4.69, 9.17) is 0 Å². The summed E-state index contributed by atoms with van der Waals surface area (Å²) in [4.78, 5) is 25.9. The summed E-state index contributed by atoms with van der Waals surface area (Å²) in [5.41, 5.74) is 1.18. The van der Waals surface area contributed by atoms with E-state index in [0.717, 1.165) is 5.69 Å². The zero-order chi connectivity index (χ0) is 16.2. The lowest BCUT2D eigenvalue weighted by atomic mass is 9.96. The van der Waals surface area contributed by atoms with Crippen molar-refractivity contribution in [2.75, 3.05) is 20.1 Å². The number of nitrogens with one attached hydrogen (secondary N) is 1. The summed E-state index contributed by atoms with van der Waals surface area (Å²) < 4.78 is 1.59. The molecule has 7 heteroatoms. The summed E-state index contributed by atoms with van der Waals surface area (Å²) in [6.07, 6.45) is 3.00. The molecule has 1 aliphatic rings. The highest BCUT2D eigenvalue weighted by Gasteiger charge is 2.28. The van der Waals surface area contributed by atoms with Crippen LogP contribution in [0.4, 0.5) is 0 Å². The van der Waals surface area contributed by atoms with E-state index >= 15 is 0 Å². The van der Waals surface area contributed by atoms with Gasteiger partial charge in [0.05, 0.1) is 11.9 Å². The Hall–Kier alpha value is -2.70. The maximum Gasteiger partial charge on any atom is 0.276 e. The predicted molar refractivity (Wildman–Crippen MR) is 84.1 cm³/mol. The van der Waals surface area contributed by atoms with E-state index in [2.05, 4.69) is 15.6 Å². The van der Waals surface area contributed by atoms with E-state index in [0.29, 0.717) is 31.6 Å². The predicted octanol–water partition coefficient (Wildman–Crippen LogP) is 0.865. The summed E-state index contributed by atoms with van der Waals surface area (Å²) in [5, 5.41) is 10.7. The van der Waals surface area contributed by atoms with Crippen molar-refractivity contribution in [2.24, 2.45) is 5.92 Å². The van der Waals surface area contributed by atoms with Crippen LogP contribution in [0.5, 0.6) is 0 Å². The smallest absolute Gasteiger partial charge is 0.276 e. The third-order valence-corrected chi connectivity index (χ3v) is 4.13. The molecule has 0 saturated carbocycles. The fraction of sp³-hybridized carbons (Fsp3) is 0.375. The second kappa shape index (κ2) is 6.60. The number of hydrogen-bond acceptors (Lipinski definition) is 4. The average molecular weight is 313 g/mol. The minimum Gasteiger partial charge on any atom is -0.359 e. The van der Waals surface area contributed by atoms with Crippen LogP contribution >= 0.6 is 0 Å². The standard InChI is InChI=1S/C16H19N5O2/c1-17-15(22)12-7-9-20(10-8-12)16(23)14-11-21(19-18-14)13-5-3-2-4-6-13/h2-6,11-12H,7-10H2,1H3,(H,17,22). The maximum absolute atomic E-state index is 12.5. The number of carbonyl (C=O) groups excluding carboxylic acids is 2. The van der Waals surface area contributed by atoms with Gasteiger partial charge in [-0.2, -0.15) is 0 Å². The van der Waals surface area contributed by atoms with Crippen LogP contribution in [-0.2, 0) is 4.79 Å². The van der Waals surface area contributed by atoms with Crippen molar-refractivity contribution in [3.8, 4) is 5.69 Å². The molecule has 2 heterocycles. The summed E-state index contributed by atoms with van der Waals surface area (Å²) >= 11 is 0. The highest BCUT2D eigenvalue weighted by molar-refractivity contribution is 5.92. The molecule has 1 saturated heterocycles. The van der Waals surface area contributed by atoms with E-state index in [1.54, 1.807) is 22.8 Å². The topological polar surface area (TPSA) is 80.1 Å². The van der Waals surface area contributed by atoms with Gasteiger partial charge in [0.1, 0.15) is 0 Å². The van der Waals surface area contributed by atoms with E-state index in [1.165, 1.54) is 0 Å². The molecule has 2 aromatic rings. The second-order valence-corrected chi connectivity index (χ2v) is 5.56. The van der Waals surface area contributed by atoms with Crippen molar-refractivity contribution >= 4 is 11.8 Å². The van der Waals surface area contributed by atoms with Crippen molar-refractivity contribution < 1.29 is 9.59 Å². The quantitative estimate of drug-likeness (QED) is 0.911. The molecule has 1 aromatic heterocycles. The first-order valence-electron chi connectivity index (χ1n) is 7.67. The summed E-state index contributed by atoms with van der Waals surface area (Å²) in [7, 11) is 1.64. The Morgan fingerprint density at radius 2 is 1.87 bits per heavy atom. The lowest BCUT2D eigenvalue weighted by molar-refractivity contribution is -0.125. The van der Waals surface area contributed by atoms with Gasteiger partial charge in [0.15, 0.2) is 5.69 Å². The minimum absolute atomic E-state index is 0.0101. The molecule has 0 bridgehead atoms. The van der Waals surface area contributed by atoms with Gasteiger partial charge in [-0.25, -0.2) is 4.68 Å². The zero-order valence-electron chi connectivity index (χ0n) is 13.0. The number of hydrogen-bond donors (Lipinski definition) is 1. The largest absolute Gasteiger partial charge is 0.359 e. The third kappa shape index (κ3) is 3.23. The van der Waals surface area contributed by atoms with Crippen molar-refractivity contribution in [1.29, 1.82) is 0 Å².